The predicted molar refractivity (Wildman–Crippen MR) is 82.3 cm³/mol. The highest BCUT2D eigenvalue weighted by Gasteiger charge is 2.41. The van der Waals surface area contributed by atoms with Gasteiger partial charge in [-0.05, 0) is 37.5 Å². The van der Waals surface area contributed by atoms with E-state index in [0.29, 0.717) is 0 Å². The lowest BCUT2D eigenvalue weighted by molar-refractivity contribution is 0.283. The maximum Gasteiger partial charge on any atom is 0.0101 e. The van der Waals surface area contributed by atoms with Crippen molar-refractivity contribution in [1.29, 1.82) is 0 Å². The van der Waals surface area contributed by atoms with Gasteiger partial charge in [-0.1, -0.05) is 64.2 Å². The molecule has 0 spiro atoms. The maximum atomic E-state index is 4.09. The summed E-state index contributed by atoms with van der Waals surface area (Å²) < 4.78 is 0. The zero-order valence-electron chi connectivity index (χ0n) is 12.7. The number of hydrogen-bond donors (Lipinski definition) is 1. The first-order chi connectivity index (χ1) is 9.45. The highest BCUT2D eigenvalue weighted by Crippen LogP contribution is 2.40. The van der Waals surface area contributed by atoms with Crippen LogP contribution >= 0.6 is 0 Å². The summed E-state index contributed by atoms with van der Waals surface area (Å²) in [4.78, 5) is 0. The van der Waals surface area contributed by atoms with Gasteiger partial charge < -0.3 is 5.32 Å². The normalized spacial score (nSPS) is 41.7. The van der Waals surface area contributed by atoms with Gasteiger partial charge in [0.2, 0.25) is 0 Å². The fourth-order valence-corrected chi connectivity index (χ4v) is 5.09. The third-order valence-corrected chi connectivity index (χ3v) is 6.12. The molecule has 1 N–H and O–H groups in total. The summed E-state index contributed by atoms with van der Waals surface area (Å²) in [5, 5.41) is 4.09. The second-order valence-electron chi connectivity index (χ2n) is 7.40. The molecule has 3 rings (SSSR count). The van der Waals surface area contributed by atoms with Crippen LogP contribution in [0.4, 0.5) is 0 Å². The number of fused-ring (bicyclic) bond motifs is 3. The molecule has 1 nitrogen and oxygen atoms in total. The molecule has 3 fully saturated rings. The minimum absolute atomic E-state index is 0.882. The SMILES string of the molecule is C1CCCC2NC3CCCCCCCC3C2CCC1. The Balaban J connectivity index is 1.67. The van der Waals surface area contributed by atoms with E-state index in [1.165, 1.54) is 89.9 Å². The molecular weight excluding hydrogens is 230 g/mol. The zero-order chi connectivity index (χ0) is 12.9. The molecular formula is C18H33N. The fraction of sp³-hybridized carbons (Fsp3) is 1.00. The average molecular weight is 263 g/mol. The minimum Gasteiger partial charge on any atom is -0.311 e. The summed E-state index contributed by atoms with van der Waals surface area (Å²) in [6, 6.07) is 1.76. The second kappa shape index (κ2) is 7.11. The molecule has 0 aromatic rings. The first-order valence-corrected chi connectivity index (χ1v) is 9.21. The van der Waals surface area contributed by atoms with Gasteiger partial charge in [-0.25, -0.2) is 0 Å². The van der Waals surface area contributed by atoms with Gasteiger partial charge in [0.25, 0.3) is 0 Å². The Bertz CT molecular complexity index is 236. The van der Waals surface area contributed by atoms with Crippen molar-refractivity contribution in [2.75, 3.05) is 0 Å². The number of rotatable bonds is 0. The van der Waals surface area contributed by atoms with Crippen molar-refractivity contribution in [1.82, 2.24) is 5.32 Å². The van der Waals surface area contributed by atoms with Crippen molar-refractivity contribution in [3.63, 3.8) is 0 Å². The van der Waals surface area contributed by atoms with E-state index in [1.807, 2.05) is 0 Å². The first kappa shape index (κ1) is 13.9. The molecule has 0 bridgehead atoms. The molecule has 0 radical (unpaired) electrons. The highest BCUT2D eigenvalue weighted by molar-refractivity contribution is 4.97. The number of hydrogen-bond acceptors (Lipinski definition) is 1. The smallest absolute Gasteiger partial charge is 0.0101 e. The van der Waals surface area contributed by atoms with E-state index in [0.717, 1.165) is 23.9 Å². The van der Waals surface area contributed by atoms with Crippen LogP contribution in [0, 0.1) is 11.8 Å². The van der Waals surface area contributed by atoms with Crippen molar-refractivity contribution < 1.29 is 0 Å². The molecule has 1 aliphatic heterocycles. The topological polar surface area (TPSA) is 12.0 Å². The van der Waals surface area contributed by atoms with Gasteiger partial charge in [-0.3, -0.25) is 0 Å². The summed E-state index contributed by atoms with van der Waals surface area (Å²) in [6.07, 6.45) is 20.9. The van der Waals surface area contributed by atoms with Crippen LogP contribution in [0.5, 0.6) is 0 Å². The fourth-order valence-electron chi connectivity index (χ4n) is 5.09. The lowest BCUT2D eigenvalue weighted by Crippen LogP contribution is -2.31. The molecule has 1 heteroatoms. The van der Waals surface area contributed by atoms with Crippen LogP contribution in [0.1, 0.15) is 89.9 Å². The van der Waals surface area contributed by atoms with Crippen LogP contribution < -0.4 is 5.32 Å². The molecule has 3 aliphatic rings. The summed E-state index contributed by atoms with van der Waals surface area (Å²) in [6.45, 7) is 0. The third kappa shape index (κ3) is 3.54. The molecule has 4 atom stereocenters. The second-order valence-corrected chi connectivity index (χ2v) is 7.40. The Kier molecular flexibility index (Phi) is 5.21. The zero-order valence-corrected chi connectivity index (χ0v) is 12.7. The van der Waals surface area contributed by atoms with Gasteiger partial charge >= 0.3 is 0 Å². The summed E-state index contributed by atoms with van der Waals surface area (Å²) in [5.74, 6) is 2.06. The van der Waals surface area contributed by atoms with Crippen LogP contribution in [-0.2, 0) is 0 Å². The molecule has 110 valence electrons. The van der Waals surface area contributed by atoms with E-state index < -0.39 is 0 Å². The van der Waals surface area contributed by atoms with Gasteiger partial charge in [-0.15, -0.1) is 0 Å². The molecule has 0 amide bonds. The Hall–Kier alpha value is -0.0400. The minimum atomic E-state index is 0.882. The Labute approximate surface area is 119 Å². The molecule has 4 unspecified atom stereocenters. The largest absolute Gasteiger partial charge is 0.311 e. The Morgan fingerprint density at radius 3 is 1.26 bits per heavy atom. The van der Waals surface area contributed by atoms with Gasteiger partial charge in [0.1, 0.15) is 0 Å². The van der Waals surface area contributed by atoms with Gasteiger partial charge in [-0.2, -0.15) is 0 Å². The van der Waals surface area contributed by atoms with E-state index >= 15 is 0 Å². The van der Waals surface area contributed by atoms with E-state index in [9.17, 15) is 0 Å². The van der Waals surface area contributed by atoms with E-state index in [1.54, 1.807) is 0 Å². The van der Waals surface area contributed by atoms with Gasteiger partial charge in [0.15, 0.2) is 0 Å². The highest BCUT2D eigenvalue weighted by atomic mass is 15.0. The van der Waals surface area contributed by atoms with Crippen molar-refractivity contribution >= 4 is 0 Å². The van der Waals surface area contributed by atoms with Gasteiger partial charge in [0.05, 0.1) is 0 Å². The molecule has 1 saturated heterocycles. The molecule has 0 aromatic carbocycles. The molecule has 2 aliphatic carbocycles. The van der Waals surface area contributed by atoms with Crippen molar-refractivity contribution in [3.8, 4) is 0 Å². The summed E-state index contributed by atoms with van der Waals surface area (Å²) in [7, 11) is 0. The number of nitrogens with one attached hydrogen (secondary N) is 1. The first-order valence-electron chi connectivity index (χ1n) is 9.21. The Morgan fingerprint density at radius 2 is 0.789 bits per heavy atom. The third-order valence-electron chi connectivity index (χ3n) is 6.12. The molecule has 1 heterocycles. The predicted octanol–water partition coefficient (Wildman–Crippen LogP) is 5.05. The van der Waals surface area contributed by atoms with Crippen LogP contribution in [-0.4, -0.2) is 12.1 Å². The van der Waals surface area contributed by atoms with E-state index in [2.05, 4.69) is 5.32 Å². The summed E-state index contributed by atoms with van der Waals surface area (Å²) >= 11 is 0. The molecule has 19 heavy (non-hydrogen) atoms. The van der Waals surface area contributed by atoms with Crippen LogP contribution in [0.15, 0.2) is 0 Å². The van der Waals surface area contributed by atoms with Crippen molar-refractivity contribution in [2.24, 2.45) is 11.8 Å². The summed E-state index contributed by atoms with van der Waals surface area (Å²) in [5.41, 5.74) is 0. The van der Waals surface area contributed by atoms with Gasteiger partial charge in [0, 0.05) is 12.1 Å². The maximum absolute atomic E-state index is 4.09. The standard InChI is InChI=1S/C18H33N/c1-3-7-11-15-16-12-8-4-2-6-10-14-18(16)19-17(15)13-9-5-1/h15-19H,1-14H2. The van der Waals surface area contributed by atoms with Crippen LogP contribution in [0.2, 0.25) is 0 Å². The van der Waals surface area contributed by atoms with E-state index in [4.69, 9.17) is 0 Å². The van der Waals surface area contributed by atoms with Crippen LogP contribution in [0.25, 0.3) is 0 Å². The molecule has 0 aromatic heterocycles. The monoisotopic (exact) mass is 263 g/mol. The van der Waals surface area contributed by atoms with Crippen LogP contribution in [0.3, 0.4) is 0 Å². The molecule has 2 saturated carbocycles. The van der Waals surface area contributed by atoms with Crippen molar-refractivity contribution in [3.05, 3.63) is 0 Å². The average Bonchev–Trinajstić information content (AvgIpc) is 2.81. The Morgan fingerprint density at radius 1 is 0.421 bits per heavy atom. The lowest BCUT2D eigenvalue weighted by atomic mass is 9.79. The quantitative estimate of drug-likeness (QED) is 0.645. The van der Waals surface area contributed by atoms with Crippen molar-refractivity contribution in [2.45, 2.75) is 102 Å². The van der Waals surface area contributed by atoms with E-state index in [-0.39, 0.29) is 0 Å². The lowest BCUT2D eigenvalue weighted by Gasteiger charge is -2.25.